The molecule has 2 aromatic rings. The topological polar surface area (TPSA) is 55.4 Å². The van der Waals surface area contributed by atoms with Crippen LogP contribution in [0.2, 0.25) is 10.0 Å². The molecule has 0 aliphatic heterocycles. The molecule has 0 spiro atoms. The van der Waals surface area contributed by atoms with Crippen LogP contribution in [0.3, 0.4) is 0 Å². The van der Waals surface area contributed by atoms with Crippen LogP contribution in [0.15, 0.2) is 48.5 Å². The summed E-state index contributed by atoms with van der Waals surface area (Å²) in [5.74, 6) is -1.27. The summed E-state index contributed by atoms with van der Waals surface area (Å²) in [6.45, 7) is 1.53. The van der Waals surface area contributed by atoms with Crippen molar-refractivity contribution in [1.29, 1.82) is 0 Å². The molecule has 2 aromatic carbocycles. The Morgan fingerprint density at radius 3 is 2.29 bits per heavy atom. The van der Waals surface area contributed by atoms with Crippen LogP contribution < -0.4 is 5.32 Å². The average Bonchev–Trinajstić information content (AvgIpc) is 2.53. The van der Waals surface area contributed by atoms with Crippen LogP contribution in [0, 0.1) is 0 Å². The Bertz CT molecular complexity index is 699. The average molecular weight is 366 g/mol. The maximum atomic E-state index is 12.2. The van der Waals surface area contributed by atoms with Crippen molar-refractivity contribution in [3.8, 4) is 0 Å². The number of ether oxygens (including phenoxy) is 1. The normalized spacial score (nSPS) is 11.6. The van der Waals surface area contributed by atoms with Gasteiger partial charge in [-0.3, -0.25) is 9.59 Å². The van der Waals surface area contributed by atoms with E-state index in [9.17, 15) is 9.59 Å². The Balaban J connectivity index is 1.91. The molecule has 0 aromatic heterocycles. The smallest absolute Gasteiger partial charge is 0.313 e. The van der Waals surface area contributed by atoms with Gasteiger partial charge < -0.3 is 10.1 Å². The fourth-order valence-electron chi connectivity index (χ4n) is 2.28. The van der Waals surface area contributed by atoms with E-state index >= 15 is 0 Å². The van der Waals surface area contributed by atoms with E-state index in [1.54, 1.807) is 18.2 Å². The molecule has 0 heterocycles. The largest absolute Gasteiger partial charge is 0.455 e. The highest BCUT2D eigenvalue weighted by atomic mass is 35.5. The SMILES string of the molecule is CC[C@@H](C(=O)OCC(=O)Nc1cc(Cl)cc(Cl)c1)c1ccccc1. The fraction of sp³-hybridized carbons (Fsp3) is 0.222. The molecule has 0 bridgehead atoms. The van der Waals surface area contributed by atoms with Crippen molar-refractivity contribution < 1.29 is 14.3 Å². The van der Waals surface area contributed by atoms with Gasteiger partial charge in [0, 0.05) is 15.7 Å². The number of amides is 1. The molecular formula is C18H17Cl2NO3. The summed E-state index contributed by atoms with van der Waals surface area (Å²) in [7, 11) is 0. The molecule has 0 radical (unpaired) electrons. The summed E-state index contributed by atoms with van der Waals surface area (Å²) in [6, 6.07) is 14.0. The van der Waals surface area contributed by atoms with E-state index in [0.717, 1.165) is 5.56 Å². The first kappa shape index (κ1) is 18.3. The zero-order valence-corrected chi connectivity index (χ0v) is 14.6. The van der Waals surface area contributed by atoms with E-state index in [0.29, 0.717) is 22.2 Å². The van der Waals surface area contributed by atoms with Crippen LogP contribution in [0.5, 0.6) is 0 Å². The number of hydrogen-bond acceptors (Lipinski definition) is 3. The molecule has 126 valence electrons. The zero-order chi connectivity index (χ0) is 17.5. The molecule has 4 nitrogen and oxygen atoms in total. The van der Waals surface area contributed by atoms with Crippen molar-refractivity contribution in [3.63, 3.8) is 0 Å². The number of rotatable bonds is 6. The molecule has 0 saturated heterocycles. The summed E-state index contributed by atoms with van der Waals surface area (Å²) in [6.07, 6.45) is 0.592. The van der Waals surface area contributed by atoms with Crippen molar-refractivity contribution in [2.45, 2.75) is 19.3 Å². The van der Waals surface area contributed by atoms with E-state index in [2.05, 4.69) is 5.32 Å². The summed E-state index contributed by atoms with van der Waals surface area (Å²) in [4.78, 5) is 24.1. The Hall–Kier alpha value is -2.04. The molecule has 0 unspecified atom stereocenters. The highest BCUT2D eigenvalue weighted by Crippen LogP contribution is 2.23. The first-order valence-electron chi connectivity index (χ1n) is 7.47. The third kappa shape index (κ3) is 5.25. The van der Waals surface area contributed by atoms with Crippen LogP contribution in [0.1, 0.15) is 24.8 Å². The molecule has 24 heavy (non-hydrogen) atoms. The third-order valence-corrected chi connectivity index (χ3v) is 3.82. The predicted molar refractivity (Wildman–Crippen MR) is 95.5 cm³/mol. The van der Waals surface area contributed by atoms with E-state index < -0.39 is 11.9 Å². The standard InChI is InChI=1S/C18H17Cl2NO3/c1-2-16(12-6-4-3-5-7-12)18(23)24-11-17(22)21-15-9-13(19)8-14(20)10-15/h3-10,16H,2,11H2,1H3,(H,21,22)/t16-/m1/s1. The molecule has 1 atom stereocenters. The fourth-order valence-corrected chi connectivity index (χ4v) is 2.81. The summed E-state index contributed by atoms with van der Waals surface area (Å²) in [5.41, 5.74) is 1.32. The van der Waals surface area contributed by atoms with Crippen LogP contribution in [-0.2, 0) is 14.3 Å². The lowest BCUT2D eigenvalue weighted by Crippen LogP contribution is -2.23. The second-order valence-electron chi connectivity index (χ2n) is 5.19. The second-order valence-corrected chi connectivity index (χ2v) is 6.06. The van der Waals surface area contributed by atoms with Gasteiger partial charge in [0.25, 0.3) is 5.91 Å². The molecule has 0 aliphatic carbocycles. The first-order valence-corrected chi connectivity index (χ1v) is 8.22. The summed E-state index contributed by atoms with van der Waals surface area (Å²) < 4.78 is 5.13. The van der Waals surface area contributed by atoms with E-state index in [1.165, 1.54) is 0 Å². The lowest BCUT2D eigenvalue weighted by Gasteiger charge is -2.14. The highest BCUT2D eigenvalue weighted by Gasteiger charge is 2.21. The molecule has 6 heteroatoms. The van der Waals surface area contributed by atoms with Crippen molar-refractivity contribution in [2.75, 3.05) is 11.9 Å². The minimum atomic E-state index is -0.454. The van der Waals surface area contributed by atoms with Gasteiger partial charge in [-0.1, -0.05) is 60.5 Å². The molecule has 0 fully saturated rings. The van der Waals surface area contributed by atoms with Gasteiger partial charge in [0.2, 0.25) is 0 Å². The zero-order valence-electron chi connectivity index (χ0n) is 13.1. The number of carbonyl (C=O) groups is 2. The monoisotopic (exact) mass is 365 g/mol. The number of anilines is 1. The number of benzene rings is 2. The Labute approximate surface area is 150 Å². The van der Waals surface area contributed by atoms with E-state index in [-0.39, 0.29) is 12.5 Å². The lowest BCUT2D eigenvalue weighted by atomic mass is 9.97. The van der Waals surface area contributed by atoms with Crippen molar-refractivity contribution >= 4 is 40.8 Å². The number of carbonyl (C=O) groups excluding carboxylic acids is 2. The first-order chi connectivity index (χ1) is 11.5. The maximum Gasteiger partial charge on any atom is 0.313 e. The number of esters is 1. The van der Waals surface area contributed by atoms with Gasteiger partial charge >= 0.3 is 5.97 Å². The predicted octanol–water partition coefficient (Wildman–Crippen LogP) is 4.67. The molecule has 0 aliphatic rings. The van der Waals surface area contributed by atoms with Gasteiger partial charge in [0.1, 0.15) is 0 Å². The van der Waals surface area contributed by atoms with Crippen LogP contribution in [-0.4, -0.2) is 18.5 Å². The number of hydrogen-bond donors (Lipinski definition) is 1. The van der Waals surface area contributed by atoms with E-state index in [4.69, 9.17) is 27.9 Å². The Morgan fingerprint density at radius 1 is 1.08 bits per heavy atom. The maximum absolute atomic E-state index is 12.2. The van der Waals surface area contributed by atoms with E-state index in [1.807, 2.05) is 37.3 Å². The number of nitrogens with one attached hydrogen (secondary N) is 1. The van der Waals surface area contributed by atoms with Gasteiger partial charge in [0.15, 0.2) is 6.61 Å². The van der Waals surface area contributed by atoms with Gasteiger partial charge in [-0.2, -0.15) is 0 Å². The second kappa shape index (κ2) is 8.71. The number of halogens is 2. The van der Waals surface area contributed by atoms with Crippen LogP contribution in [0.25, 0.3) is 0 Å². The summed E-state index contributed by atoms with van der Waals surface area (Å²) >= 11 is 11.7. The van der Waals surface area contributed by atoms with Gasteiger partial charge in [-0.15, -0.1) is 0 Å². The molecule has 2 rings (SSSR count). The minimum Gasteiger partial charge on any atom is -0.455 e. The highest BCUT2D eigenvalue weighted by molar-refractivity contribution is 6.35. The Morgan fingerprint density at radius 2 is 1.71 bits per heavy atom. The minimum absolute atomic E-state index is 0.369. The third-order valence-electron chi connectivity index (χ3n) is 3.39. The van der Waals surface area contributed by atoms with Crippen LogP contribution >= 0.6 is 23.2 Å². The van der Waals surface area contributed by atoms with Gasteiger partial charge in [0.05, 0.1) is 5.92 Å². The van der Waals surface area contributed by atoms with Gasteiger partial charge in [-0.05, 0) is 30.2 Å². The van der Waals surface area contributed by atoms with Crippen molar-refractivity contribution in [3.05, 3.63) is 64.1 Å². The molecule has 1 N–H and O–H groups in total. The van der Waals surface area contributed by atoms with Crippen molar-refractivity contribution in [1.82, 2.24) is 0 Å². The lowest BCUT2D eigenvalue weighted by molar-refractivity contribution is -0.149. The molecular weight excluding hydrogens is 349 g/mol. The molecule has 1 amide bonds. The van der Waals surface area contributed by atoms with Crippen molar-refractivity contribution in [2.24, 2.45) is 0 Å². The molecule has 0 saturated carbocycles. The van der Waals surface area contributed by atoms with Crippen LogP contribution in [0.4, 0.5) is 5.69 Å². The summed E-state index contributed by atoms with van der Waals surface area (Å²) in [5, 5.41) is 3.41. The quantitative estimate of drug-likeness (QED) is 0.756. The van der Waals surface area contributed by atoms with Gasteiger partial charge in [-0.25, -0.2) is 0 Å². The Kier molecular flexibility index (Phi) is 6.64.